The molecule has 1 fully saturated rings. The molecule has 2 aromatic rings. The molecule has 0 amide bonds. The predicted octanol–water partition coefficient (Wildman–Crippen LogP) is 3.54. The van der Waals surface area contributed by atoms with Crippen molar-refractivity contribution in [2.45, 2.75) is 36.4 Å². The van der Waals surface area contributed by atoms with E-state index in [1.54, 1.807) is 16.7 Å². The number of fused-ring (bicyclic) bond motifs is 2. The van der Waals surface area contributed by atoms with Crippen molar-refractivity contribution in [3.05, 3.63) is 35.0 Å². The minimum absolute atomic E-state index is 0.162. The molecule has 1 aromatic heterocycles. The molecule has 1 aromatic carbocycles. The van der Waals surface area contributed by atoms with Gasteiger partial charge < -0.3 is 10.2 Å². The van der Waals surface area contributed by atoms with Crippen molar-refractivity contribution in [2.75, 3.05) is 30.3 Å². The minimum Gasteiger partial charge on any atom is -0.335 e. The number of alkyl halides is 3. The lowest BCUT2D eigenvalue weighted by atomic mass is 10.0. The predicted molar refractivity (Wildman–Crippen MR) is 99.2 cm³/mol. The number of hydrogen-bond acceptors (Lipinski definition) is 5. The second-order valence-corrected chi connectivity index (χ2v) is 8.39. The smallest absolute Gasteiger partial charge is 0.290 e. The third kappa shape index (κ3) is 2.99. The number of rotatable bonds is 2. The molecule has 4 nitrogen and oxygen atoms in total. The van der Waals surface area contributed by atoms with Gasteiger partial charge in [0.25, 0.3) is 5.92 Å². The lowest BCUT2D eigenvalue weighted by Gasteiger charge is -2.34. The second-order valence-electron chi connectivity index (χ2n) is 7.25. The van der Waals surface area contributed by atoms with Crippen LogP contribution in [0.2, 0.25) is 0 Å². The molecule has 8 heteroatoms. The number of nitrogens with zero attached hydrogens (tertiary/aromatic N) is 3. The van der Waals surface area contributed by atoms with Gasteiger partial charge in [-0.25, -0.2) is 14.4 Å². The summed E-state index contributed by atoms with van der Waals surface area (Å²) in [6.45, 7) is 2.07. The van der Waals surface area contributed by atoms with Gasteiger partial charge in [0.05, 0.1) is 18.8 Å². The van der Waals surface area contributed by atoms with E-state index in [9.17, 15) is 13.2 Å². The Morgan fingerprint density at radius 2 is 2.07 bits per heavy atom. The standard InChI is InChI=1S/C19H19F3N4S/c20-13-9-26(10-13)18-24-16(14-3-4-19(21,22)17(14)25-18)11-1-2-12-8-23-5-6-27-15(12)7-11/h1-2,7,13,23H,3-6,8-10H2. The van der Waals surface area contributed by atoms with Gasteiger partial charge in [-0.2, -0.15) is 8.78 Å². The summed E-state index contributed by atoms with van der Waals surface area (Å²) < 4.78 is 42.1. The minimum atomic E-state index is -2.95. The average molecular weight is 392 g/mol. The van der Waals surface area contributed by atoms with Crippen LogP contribution < -0.4 is 10.2 Å². The van der Waals surface area contributed by atoms with Gasteiger partial charge >= 0.3 is 0 Å². The van der Waals surface area contributed by atoms with E-state index in [0.717, 1.165) is 29.3 Å². The van der Waals surface area contributed by atoms with Crippen LogP contribution in [0.4, 0.5) is 19.1 Å². The summed E-state index contributed by atoms with van der Waals surface area (Å²) in [5.41, 5.74) is 2.94. The maximum absolute atomic E-state index is 14.4. The Labute approximate surface area is 159 Å². The number of anilines is 1. The molecule has 1 N–H and O–H groups in total. The van der Waals surface area contributed by atoms with E-state index in [1.807, 2.05) is 18.2 Å². The Morgan fingerprint density at radius 3 is 2.89 bits per heavy atom. The van der Waals surface area contributed by atoms with E-state index in [-0.39, 0.29) is 37.6 Å². The van der Waals surface area contributed by atoms with Crippen molar-refractivity contribution in [3.63, 3.8) is 0 Å². The number of halogens is 3. The molecule has 0 atom stereocenters. The highest BCUT2D eigenvalue weighted by Crippen LogP contribution is 2.45. The summed E-state index contributed by atoms with van der Waals surface area (Å²) in [7, 11) is 0. The summed E-state index contributed by atoms with van der Waals surface area (Å²) in [6, 6.07) is 6.03. The Bertz CT molecular complexity index is 899. The average Bonchev–Trinajstić information content (AvgIpc) is 2.81. The summed E-state index contributed by atoms with van der Waals surface area (Å²) in [6.07, 6.45) is -0.930. The SMILES string of the molecule is FC1CN(c2nc(-c3ccc4c(c3)SCCNC4)c3c(n2)C(F)(F)CC3)C1. The van der Waals surface area contributed by atoms with E-state index in [4.69, 9.17) is 0 Å². The van der Waals surface area contributed by atoms with E-state index >= 15 is 0 Å². The number of benzene rings is 1. The Hall–Kier alpha value is -1.80. The van der Waals surface area contributed by atoms with Gasteiger partial charge in [0, 0.05) is 41.3 Å². The third-order valence-corrected chi connectivity index (χ3v) is 6.44. The highest BCUT2D eigenvalue weighted by molar-refractivity contribution is 7.99. The monoisotopic (exact) mass is 392 g/mol. The fraction of sp³-hybridized carbons (Fsp3) is 0.474. The Balaban J connectivity index is 1.62. The van der Waals surface area contributed by atoms with Gasteiger partial charge in [0.15, 0.2) is 0 Å². The topological polar surface area (TPSA) is 41.1 Å². The van der Waals surface area contributed by atoms with E-state index in [0.29, 0.717) is 11.3 Å². The number of nitrogens with one attached hydrogen (secondary N) is 1. The molecule has 1 aliphatic carbocycles. The molecule has 2 aliphatic heterocycles. The second kappa shape index (κ2) is 6.38. The fourth-order valence-corrected chi connectivity index (χ4v) is 4.82. The van der Waals surface area contributed by atoms with Gasteiger partial charge in [-0.15, -0.1) is 11.8 Å². The van der Waals surface area contributed by atoms with Crippen LogP contribution in [-0.2, 0) is 18.9 Å². The normalized spacial score (nSPS) is 21.4. The Morgan fingerprint density at radius 1 is 1.22 bits per heavy atom. The van der Waals surface area contributed by atoms with Gasteiger partial charge in [0.1, 0.15) is 11.9 Å². The first kappa shape index (κ1) is 17.3. The highest BCUT2D eigenvalue weighted by atomic mass is 32.2. The third-order valence-electron chi connectivity index (χ3n) is 5.34. The van der Waals surface area contributed by atoms with Crippen molar-refractivity contribution >= 4 is 17.7 Å². The number of thioether (sulfide) groups is 1. The molecule has 3 heterocycles. The molecule has 27 heavy (non-hydrogen) atoms. The fourth-order valence-electron chi connectivity index (χ4n) is 3.82. The highest BCUT2D eigenvalue weighted by Gasteiger charge is 2.44. The molecule has 142 valence electrons. The summed E-state index contributed by atoms with van der Waals surface area (Å²) in [4.78, 5) is 11.5. The lowest BCUT2D eigenvalue weighted by Crippen LogP contribution is -2.49. The van der Waals surface area contributed by atoms with E-state index in [1.165, 1.54) is 5.56 Å². The molecule has 0 saturated carbocycles. The van der Waals surface area contributed by atoms with Crippen LogP contribution in [-0.4, -0.2) is 41.5 Å². The Kier molecular flexibility index (Phi) is 4.09. The molecule has 0 unspecified atom stereocenters. The van der Waals surface area contributed by atoms with Crippen LogP contribution >= 0.6 is 11.8 Å². The maximum Gasteiger partial charge on any atom is 0.290 e. The first-order valence-electron chi connectivity index (χ1n) is 9.16. The van der Waals surface area contributed by atoms with Crippen LogP contribution in [0.1, 0.15) is 23.2 Å². The molecule has 0 bridgehead atoms. The van der Waals surface area contributed by atoms with Crippen LogP contribution in [0, 0.1) is 0 Å². The molecule has 0 spiro atoms. The summed E-state index contributed by atoms with van der Waals surface area (Å²) >= 11 is 1.76. The molecule has 1 saturated heterocycles. The van der Waals surface area contributed by atoms with Gasteiger partial charge in [-0.3, -0.25) is 0 Å². The van der Waals surface area contributed by atoms with Crippen LogP contribution in [0.3, 0.4) is 0 Å². The van der Waals surface area contributed by atoms with Gasteiger partial charge in [-0.1, -0.05) is 12.1 Å². The van der Waals surface area contributed by atoms with Crippen LogP contribution in [0.25, 0.3) is 11.3 Å². The van der Waals surface area contributed by atoms with E-state index in [2.05, 4.69) is 15.3 Å². The zero-order chi connectivity index (χ0) is 18.6. The van der Waals surface area contributed by atoms with Crippen LogP contribution in [0.5, 0.6) is 0 Å². The zero-order valence-corrected chi connectivity index (χ0v) is 15.5. The van der Waals surface area contributed by atoms with Crippen molar-refractivity contribution in [2.24, 2.45) is 0 Å². The first-order valence-corrected chi connectivity index (χ1v) is 10.1. The van der Waals surface area contributed by atoms with Gasteiger partial charge in [-0.05, 0) is 18.1 Å². The maximum atomic E-state index is 14.4. The lowest BCUT2D eigenvalue weighted by molar-refractivity contribution is -0.00594. The molecular weight excluding hydrogens is 373 g/mol. The van der Waals surface area contributed by atoms with Gasteiger partial charge in [0.2, 0.25) is 5.95 Å². The molecule has 3 aliphatic rings. The zero-order valence-electron chi connectivity index (χ0n) is 14.6. The molecule has 5 rings (SSSR count). The molecule has 0 radical (unpaired) electrons. The summed E-state index contributed by atoms with van der Waals surface area (Å²) in [5, 5.41) is 3.37. The molecular formula is C19H19F3N4S. The quantitative estimate of drug-likeness (QED) is 0.847. The van der Waals surface area contributed by atoms with Crippen LogP contribution in [0.15, 0.2) is 23.1 Å². The number of hydrogen-bond donors (Lipinski definition) is 1. The van der Waals surface area contributed by atoms with Crippen molar-refractivity contribution < 1.29 is 13.2 Å². The number of aromatic nitrogens is 2. The van der Waals surface area contributed by atoms with E-state index < -0.39 is 12.1 Å². The van der Waals surface area contributed by atoms with Crippen molar-refractivity contribution in [3.8, 4) is 11.3 Å². The van der Waals surface area contributed by atoms with Crippen molar-refractivity contribution in [1.82, 2.24) is 15.3 Å². The first-order chi connectivity index (χ1) is 13.0. The largest absolute Gasteiger partial charge is 0.335 e. The summed E-state index contributed by atoms with van der Waals surface area (Å²) in [5.74, 6) is -1.78. The van der Waals surface area contributed by atoms with Crippen molar-refractivity contribution in [1.29, 1.82) is 0 Å².